The van der Waals surface area contributed by atoms with Crippen LogP contribution in [-0.4, -0.2) is 48.7 Å². The first-order valence-corrected chi connectivity index (χ1v) is 10.8. The van der Waals surface area contributed by atoms with Crippen molar-refractivity contribution in [2.45, 2.75) is 50.0 Å². The number of carbonyl (C=O) groups excluding carboxylic acids is 1. The molecule has 0 saturated heterocycles. The van der Waals surface area contributed by atoms with Crippen molar-refractivity contribution >= 4 is 17.2 Å². The van der Waals surface area contributed by atoms with Gasteiger partial charge in [-0.3, -0.25) is 9.89 Å². The van der Waals surface area contributed by atoms with Crippen LogP contribution >= 0.6 is 0 Å². The average Bonchev–Trinajstić information content (AvgIpc) is 3.47. The van der Waals surface area contributed by atoms with Crippen LogP contribution in [0.15, 0.2) is 35.3 Å². The maximum Gasteiger partial charge on any atom is 0.416 e. The van der Waals surface area contributed by atoms with Gasteiger partial charge in [-0.15, -0.1) is 0 Å². The average molecular weight is 533 g/mol. The van der Waals surface area contributed by atoms with Gasteiger partial charge in [-0.1, -0.05) is 12.1 Å². The van der Waals surface area contributed by atoms with Crippen molar-refractivity contribution in [2.75, 3.05) is 0 Å². The van der Waals surface area contributed by atoms with Gasteiger partial charge in [-0.05, 0) is 47.4 Å². The lowest BCUT2D eigenvalue weighted by Crippen LogP contribution is -2.59. The third-order valence-corrected chi connectivity index (χ3v) is 5.93. The molecule has 4 rings (SSSR count). The molecular weight excluding hydrogens is 515 g/mol. The normalized spacial score (nSPS) is 18.8. The fourth-order valence-corrected chi connectivity index (χ4v) is 4.20. The summed E-state index contributed by atoms with van der Waals surface area (Å²) in [6, 6.07) is 4.09. The van der Waals surface area contributed by atoms with Crippen LogP contribution in [0, 0.1) is 5.82 Å². The van der Waals surface area contributed by atoms with Crippen LogP contribution in [0.5, 0.6) is 0 Å². The van der Waals surface area contributed by atoms with E-state index in [1.165, 1.54) is 18.3 Å². The van der Waals surface area contributed by atoms with Crippen LogP contribution in [0.2, 0.25) is 0 Å². The van der Waals surface area contributed by atoms with Gasteiger partial charge in [0.15, 0.2) is 5.54 Å². The smallest absolute Gasteiger partial charge is 0.332 e. The Morgan fingerprint density at radius 1 is 1.03 bits per heavy atom. The van der Waals surface area contributed by atoms with E-state index in [4.69, 9.17) is 0 Å². The fraction of sp³-hybridized carbons (Fsp3) is 0.381. The molecule has 2 aromatic heterocycles. The number of aromatic nitrogens is 6. The fourth-order valence-electron chi connectivity index (χ4n) is 4.20. The van der Waals surface area contributed by atoms with Crippen molar-refractivity contribution in [3.63, 3.8) is 0 Å². The predicted molar refractivity (Wildman–Crippen MR) is 113 cm³/mol. The van der Waals surface area contributed by atoms with Gasteiger partial charge in [0, 0.05) is 30.2 Å². The monoisotopic (exact) mass is 533 g/mol. The van der Waals surface area contributed by atoms with Gasteiger partial charge in [0.25, 0.3) is 5.91 Å². The number of hydrogen-bond donors (Lipinski definition) is 3. The molecule has 0 bridgehead atoms. The molecule has 1 aromatic carbocycles. The lowest BCUT2D eigenvalue weighted by Gasteiger charge is -2.41. The molecule has 0 radical (unpaired) electrons. The van der Waals surface area contributed by atoms with E-state index in [1.807, 2.05) is 10.4 Å². The number of hydrogen-bond acceptors (Lipinski definition) is 5. The number of H-pyrrole nitrogens is 2. The van der Waals surface area contributed by atoms with Crippen LogP contribution in [0.25, 0.3) is 11.3 Å². The van der Waals surface area contributed by atoms with Crippen molar-refractivity contribution < 1.29 is 35.5 Å². The zero-order chi connectivity index (χ0) is 27.0. The molecule has 3 heterocycles. The van der Waals surface area contributed by atoms with E-state index in [1.54, 1.807) is 0 Å². The van der Waals surface area contributed by atoms with Gasteiger partial charge < -0.3 is 5.32 Å². The number of carbonyl (C=O) groups is 1. The maximum absolute atomic E-state index is 15.2. The molecule has 0 unspecified atom stereocenters. The Kier molecular flexibility index (Phi) is 6.68. The minimum atomic E-state index is -5.22. The first kappa shape index (κ1) is 26.1. The molecule has 3 N–H and O–H groups in total. The third-order valence-electron chi connectivity index (χ3n) is 5.93. The second kappa shape index (κ2) is 9.48. The molecule has 1 aliphatic heterocycles. The molecule has 37 heavy (non-hydrogen) atoms. The van der Waals surface area contributed by atoms with E-state index in [0.717, 1.165) is 12.1 Å². The second-order valence-corrected chi connectivity index (χ2v) is 8.39. The number of tetrazole rings is 1. The molecule has 0 fully saturated rings. The third kappa shape index (κ3) is 5.13. The van der Waals surface area contributed by atoms with Crippen molar-refractivity contribution in [1.82, 2.24) is 35.7 Å². The molecule has 3 aromatic rings. The summed E-state index contributed by atoms with van der Waals surface area (Å²) in [4.78, 5) is 25.1. The SMILES string of the molecule is O=C1N[C@@](c2ccc(CCCCC(F)(F)F)cc2F)(C(F)(F)F)CC(c2ccn[nH]2)=C1n1nn[nH]c1=O. The van der Waals surface area contributed by atoms with Gasteiger partial charge in [-0.25, -0.2) is 14.3 Å². The number of benzene rings is 1. The number of nitrogens with one attached hydrogen (secondary N) is 3. The Balaban J connectivity index is 1.75. The number of aryl methyl sites for hydroxylation is 1. The lowest BCUT2D eigenvalue weighted by atomic mass is 9.78. The zero-order valence-corrected chi connectivity index (χ0v) is 18.7. The van der Waals surface area contributed by atoms with Crippen LogP contribution in [0.3, 0.4) is 0 Å². The van der Waals surface area contributed by atoms with E-state index in [-0.39, 0.29) is 36.1 Å². The van der Waals surface area contributed by atoms with Crippen LogP contribution < -0.4 is 11.0 Å². The van der Waals surface area contributed by atoms with Crippen molar-refractivity contribution in [3.05, 3.63) is 63.6 Å². The summed E-state index contributed by atoms with van der Waals surface area (Å²) in [7, 11) is 0. The highest BCUT2D eigenvalue weighted by atomic mass is 19.4. The molecule has 0 saturated carbocycles. The molecule has 198 valence electrons. The Morgan fingerprint density at radius 2 is 1.78 bits per heavy atom. The first-order chi connectivity index (χ1) is 17.3. The van der Waals surface area contributed by atoms with Gasteiger partial charge in [0.05, 0.1) is 5.69 Å². The summed E-state index contributed by atoms with van der Waals surface area (Å²) in [5, 5.41) is 16.5. The van der Waals surface area contributed by atoms with Crippen molar-refractivity contribution in [3.8, 4) is 0 Å². The number of halogens is 7. The van der Waals surface area contributed by atoms with Crippen molar-refractivity contribution in [1.29, 1.82) is 0 Å². The van der Waals surface area contributed by atoms with E-state index in [0.29, 0.717) is 4.68 Å². The summed E-state index contributed by atoms with van der Waals surface area (Å²) in [5.74, 6) is -2.68. The standard InChI is InChI=1S/C21H18F7N7O2/c22-14-9-11(3-1-2-7-20(23,24)25)4-5-13(14)19(21(26,27)28)10-12(15-6-8-29-31-15)16(17(36)30-19)35-18(37)32-33-34-35/h4-6,8-9H,1-3,7,10H2,(H,29,31)(H,30,36)(H,32,34,37)/t19-/m0/s1. The van der Waals surface area contributed by atoms with E-state index < -0.39 is 59.4 Å². The predicted octanol–water partition coefficient (Wildman–Crippen LogP) is 3.45. The molecule has 0 spiro atoms. The second-order valence-electron chi connectivity index (χ2n) is 8.39. The summed E-state index contributed by atoms with van der Waals surface area (Å²) >= 11 is 0. The highest BCUT2D eigenvalue weighted by molar-refractivity contribution is 6.22. The summed E-state index contributed by atoms with van der Waals surface area (Å²) in [6.45, 7) is 0. The number of unbranched alkanes of at least 4 members (excludes halogenated alkanes) is 1. The largest absolute Gasteiger partial charge is 0.416 e. The van der Waals surface area contributed by atoms with Gasteiger partial charge in [0.1, 0.15) is 11.5 Å². The highest BCUT2D eigenvalue weighted by Crippen LogP contribution is 2.49. The Labute approximate surface area is 202 Å². The van der Waals surface area contributed by atoms with Crippen LogP contribution in [0.1, 0.15) is 42.5 Å². The molecule has 16 heteroatoms. The van der Waals surface area contributed by atoms with Gasteiger partial charge in [0.2, 0.25) is 0 Å². The molecule has 1 atom stereocenters. The van der Waals surface area contributed by atoms with Crippen molar-refractivity contribution in [2.24, 2.45) is 0 Å². The number of alkyl halides is 6. The number of nitrogens with zero attached hydrogens (tertiary/aromatic N) is 4. The zero-order valence-electron chi connectivity index (χ0n) is 18.7. The van der Waals surface area contributed by atoms with Crippen LogP contribution in [0.4, 0.5) is 30.7 Å². The maximum atomic E-state index is 15.2. The number of amides is 1. The minimum Gasteiger partial charge on any atom is -0.332 e. The summed E-state index contributed by atoms with van der Waals surface area (Å²) < 4.78 is 96.5. The Bertz CT molecular complexity index is 1370. The Hall–Kier alpha value is -3.98. The van der Waals surface area contributed by atoms with E-state index in [9.17, 15) is 35.9 Å². The highest BCUT2D eigenvalue weighted by Gasteiger charge is 2.61. The van der Waals surface area contributed by atoms with E-state index in [2.05, 4.69) is 20.6 Å². The quantitative estimate of drug-likeness (QED) is 0.317. The molecule has 9 nitrogen and oxygen atoms in total. The topological polar surface area (TPSA) is 121 Å². The number of rotatable bonds is 7. The summed E-state index contributed by atoms with van der Waals surface area (Å²) in [5.41, 5.74) is -5.90. The Morgan fingerprint density at radius 3 is 2.35 bits per heavy atom. The lowest BCUT2D eigenvalue weighted by molar-refractivity contribution is -0.202. The van der Waals surface area contributed by atoms with Gasteiger partial charge in [-0.2, -0.15) is 36.1 Å². The molecular formula is C21H18F7N7O2. The minimum absolute atomic E-state index is 0.0111. The summed E-state index contributed by atoms with van der Waals surface area (Å²) in [6.07, 6.45) is -10.6. The van der Waals surface area contributed by atoms with E-state index >= 15 is 4.39 Å². The van der Waals surface area contributed by atoms with Gasteiger partial charge >= 0.3 is 18.0 Å². The number of aromatic amines is 2. The molecule has 1 aliphatic rings. The molecule has 1 amide bonds. The first-order valence-electron chi connectivity index (χ1n) is 10.8. The van der Waals surface area contributed by atoms with Crippen LogP contribution in [-0.2, 0) is 16.8 Å². The molecule has 0 aliphatic carbocycles.